The quantitative estimate of drug-likeness (QED) is 0.557. The summed E-state index contributed by atoms with van der Waals surface area (Å²) in [4.78, 5) is 2.89. The van der Waals surface area contributed by atoms with Crippen LogP contribution in [0.1, 0.15) is 26.8 Å². The predicted molar refractivity (Wildman–Crippen MR) is 86.5 cm³/mol. The van der Waals surface area contributed by atoms with Gasteiger partial charge in [-0.25, -0.2) is 0 Å². The van der Waals surface area contributed by atoms with Crippen LogP contribution in [0.2, 0.25) is 0 Å². The molecule has 1 aliphatic rings. The second-order valence-electron chi connectivity index (χ2n) is 5.45. The molecule has 0 radical (unpaired) electrons. The summed E-state index contributed by atoms with van der Waals surface area (Å²) < 4.78 is 0. The van der Waals surface area contributed by atoms with E-state index in [1.807, 2.05) is 11.3 Å². The number of hydrogen-bond donors (Lipinski definition) is 0. The van der Waals surface area contributed by atoms with Crippen LogP contribution in [0.15, 0.2) is 60.7 Å². The zero-order valence-corrected chi connectivity index (χ0v) is 12.3. The summed E-state index contributed by atoms with van der Waals surface area (Å²) in [7, 11) is 0. The Morgan fingerprint density at radius 1 is 0.850 bits per heavy atom. The van der Waals surface area contributed by atoms with Crippen molar-refractivity contribution in [1.82, 2.24) is 0 Å². The SMILES string of the molecule is Cc1ccc(C2Cc3ccccc3-c3ccccc32)s1. The number of aryl methyl sites for hydroxylation is 1. The lowest BCUT2D eigenvalue weighted by Crippen LogP contribution is -2.11. The van der Waals surface area contributed by atoms with Gasteiger partial charge in [0.25, 0.3) is 0 Å². The van der Waals surface area contributed by atoms with Crippen LogP contribution in [-0.4, -0.2) is 0 Å². The van der Waals surface area contributed by atoms with Gasteiger partial charge in [-0.05, 0) is 47.7 Å². The lowest BCUT2D eigenvalue weighted by atomic mass is 9.78. The van der Waals surface area contributed by atoms with E-state index in [-0.39, 0.29) is 0 Å². The minimum atomic E-state index is 0.514. The first-order valence-corrected chi connectivity index (χ1v) is 7.88. The van der Waals surface area contributed by atoms with Gasteiger partial charge < -0.3 is 0 Å². The van der Waals surface area contributed by atoms with E-state index in [1.165, 1.54) is 32.0 Å². The van der Waals surface area contributed by atoms with Crippen molar-refractivity contribution in [3.8, 4) is 11.1 Å². The van der Waals surface area contributed by atoms with Crippen molar-refractivity contribution in [2.45, 2.75) is 19.3 Å². The van der Waals surface area contributed by atoms with E-state index in [1.54, 1.807) is 0 Å². The predicted octanol–water partition coefficient (Wildman–Crippen LogP) is 5.41. The Morgan fingerprint density at radius 3 is 2.40 bits per heavy atom. The second kappa shape index (κ2) is 4.60. The molecule has 0 bridgehead atoms. The molecule has 0 saturated heterocycles. The fraction of sp³-hybridized carbons (Fsp3) is 0.158. The van der Waals surface area contributed by atoms with Crippen molar-refractivity contribution in [3.05, 3.63) is 81.5 Å². The zero-order valence-electron chi connectivity index (χ0n) is 11.5. The highest BCUT2D eigenvalue weighted by Crippen LogP contribution is 2.43. The van der Waals surface area contributed by atoms with Crippen LogP contribution in [0, 0.1) is 6.92 Å². The van der Waals surface area contributed by atoms with E-state index in [0.29, 0.717) is 5.92 Å². The maximum Gasteiger partial charge on any atom is 0.0230 e. The average molecular weight is 276 g/mol. The van der Waals surface area contributed by atoms with Crippen molar-refractivity contribution in [2.75, 3.05) is 0 Å². The molecular formula is C19H16S. The van der Waals surface area contributed by atoms with E-state index in [2.05, 4.69) is 67.6 Å². The van der Waals surface area contributed by atoms with Crippen molar-refractivity contribution in [1.29, 1.82) is 0 Å². The van der Waals surface area contributed by atoms with Gasteiger partial charge in [0.05, 0.1) is 0 Å². The van der Waals surface area contributed by atoms with Crippen molar-refractivity contribution >= 4 is 11.3 Å². The highest BCUT2D eigenvalue weighted by molar-refractivity contribution is 7.12. The molecule has 1 heteroatoms. The van der Waals surface area contributed by atoms with Gasteiger partial charge in [0, 0.05) is 15.7 Å². The molecule has 0 spiro atoms. The molecule has 1 aromatic heterocycles. The van der Waals surface area contributed by atoms with Gasteiger partial charge in [0.1, 0.15) is 0 Å². The lowest BCUT2D eigenvalue weighted by molar-refractivity contribution is 0.809. The third kappa shape index (κ3) is 1.82. The number of benzene rings is 2. The van der Waals surface area contributed by atoms with Crippen LogP contribution in [-0.2, 0) is 6.42 Å². The largest absolute Gasteiger partial charge is 0.145 e. The molecule has 0 nitrogen and oxygen atoms in total. The summed E-state index contributed by atoms with van der Waals surface area (Å²) in [6.45, 7) is 2.19. The van der Waals surface area contributed by atoms with Gasteiger partial charge in [0.2, 0.25) is 0 Å². The zero-order chi connectivity index (χ0) is 13.5. The first-order chi connectivity index (χ1) is 9.83. The van der Waals surface area contributed by atoms with E-state index >= 15 is 0 Å². The fourth-order valence-electron chi connectivity index (χ4n) is 3.23. The summed E-state index contributed by atoms with van der Waals surface area (Å²) in [6, 6.07) is 22.2. The Kier molecular flexibility index (Phi) is 2.75. The Morgan fingerprint density at radius 2 is 1.60 bits per heavy atom. The molecule has 1 heterocycles. The molecule has 20 heavy (non-hydrogen) atoms. The molecule has 4 rings (SSSR count). The molecule has 1 unspecified atom stereocenters. The van der Waals surface area contributed by atoms with E-state index in [4.69, 9.17) is 0 Å². The topological polar surface area (TPSA) is 0 Å². The lowest BCUT2D eigenvalue weighted by Gasteiger charge is -2.27. The number of hydrogen-bond acceptors (Lipinski definition) is 1. The maximum atomic E-state index is 2.30. The molecule has 98 valence electrons. The minimum absolute atomic E-state index is 0.514. The summed E-state index contributed by atoms with van der Waals surface area (Å²) in [5, 5.41) is 0. The smallest absolute Gasteiger partial charge is 0.0230 e. The summed E-state index contributed by atoms with van der Waals surface area (Å²) in [6.07, 6.45) is 1.12. The van der Waals surface area contributed by atoms with Crippen LogP contribution < -0.4 is 0 Å². The van der Waals surface area contributed by atoms with Crippen LogP contribution >= 0.6 is 11.3 Å². The maximum absolute atomic E-state index is 2.30. The molecule has 0 saturated carbocycles. The van der Waals surface area contributed by atoms with Crippen molar-refractivity contribution in [3.63, 3.8) is 0 Å². The molecule has 0 N–H and O–H groups in total. The molecule has 0 aliphatic heterocycles. The fourth-order valence-corrected chi connectivity index (χ4v) is 4.23. The normalized spacial score (nSPS) is 16.6. The first kappa shape index (κ1) is 11.9. The van der Waals surface area contributed by atoms with Gasteiger partial charge in [-0.1, -0.05) is 48.5 Å². The molecule has 3 aromatic rings. The molecule has 1 atom stereocenters. The molecule has 0 fully saturated rings. The number of fused-ring (bicyclic) bond motifs is 3. The Balaban J connectivity index is 1.93. The first-order valence-electron chi connectivity index (χ1n) is 7.06. The molecule has 2 aromatic carbocycles. The van der Waals surface area contributed by atoms with E-state index in [9.17, 15) is 0 Å². The molecular weight excluding hydrogens is 260 g/mol. The van der Waals surface area contributed by atoms with Gasteiger partial charge in [0.15, 0.2) is 0 Å². The Bertz CT molecular complexity index is 767. The van der Waals surface area contributed by atoms with Gasteiger partial charge in [-0.15, -0.1) is 11.3 Å². The highest BCUT2D eigenvalue weighted by atomic mass is 32.1. The second-order valence-corrected chi connectivity index (χ2v) is 6.77. The Hall–Kier alpha value is -1.86. The third-order valence-corrected chi connectivity index (χ3v) is 5.29. The highest BCUT2D eigenvalue weighted by Gasteiger charge is 2.26. The monoisotopic (exact) mass is 276 g/mol. The van der Waals surface area contributed by atoms with Crippen molar-refractivity contribution < 1.29 is 0 Å². The van der Waals surface area contributed by atoms with Gasteiger partial charge >= 0.3 is 0 Å². The minimum Gasteiger partial charge on any atom is -0.145 e. The van der Waals surface area contributed by atoms with E-state index < -0.39 is 0 Å². The summed E-state index contributed by atoms with van der Waals surface area (Å²) in [5.41, 5.74) is 5.77. The average Bonchev–Trinajstić information content (AvgIpc) is 2.93. The third-order valence-electron chi connectivity index (χ3n) is 4.17. The van der Waals surface area contributed by atoms with Gasteiger partial charge in [-0.3, -0.25) is 0 Å². The van der Waals surface area contributed by atoms with Gasteiger partial charge in [-0.2, -0.15) is 0 Å². The van der Waals surface area contributed by atoms with Crippen LogP contribution in [0.3, 0.4) is 0 Å². The Labute approximate surface area is 123 Å². The molecule has 0 amide bonds. The molecule has 1 aliphatic carbocycles. The number of thiophene rings is 1. The van der Waals surface area contributed by atoms with Crippen molar-refractivity contribution in [2.24, 2.45) is 0 Å². The summed E-state index contributed by atoms with van der Waals surface area (Å²) >= 11 is 1.93. The number of rotatable bonds is 1. The van der Waals surface area contributed by atoms with E-state index in [0.717, 1.165) is 6.42 Å². The van der Waals surface area contributed by atoms with Crippen LogP contribution in [0.4, 0.5) is 0 Å². The summed E-state index contributed by atoms with van der Waals surface area (Å²) in [5.74, 6) is 0.514. The van der Waals surface area contributed by atoms with Crippen LogP contribution in [0.25, 0.3) is 11.1 Å². The van der Waals surface area contributed by atoms with Crippen LogP contribution in [0.5, 0.6) is 0 Å². The standard InChI is InChI=1S/C19H16S/c1-13-10-11-19(20-13)18-12-14-6-2-3-7-15(14)16-8-4-5-9-17(16)18/h2-11,18H,12H2,1H3.